The predicted octanol–water partition coefficient (Wildman–Crippen LogP) is 1.74. The molecule has 6 nitrogen and oxygen atoms in total. The molecule has 1 aromatic carbocycles. The minimum Gasteiger partial charge on any atom is -0.347 e. The normalized spacial score (nSPS) is 17.3. The third-order valence-electron chi connectivity index (χ3n) is 3.60. The smallest absolute Gasteiger partial charge is 0.285 e. The molecule has 0 unspecified atom stereocenters. The molecule has 8 heteroatoms. The van der Waals surface area contributed by atoms with Gasteiger partial charge >= 0.3 is 0 Å². The number of nitro benzene ring substituents is 1. The minimum atomic E-state index is -1.36. The number of carbonyl (C=O) groups is 1. The molecule has 1 aromatic rings. The summed E-state index contributed by atoms with van der Waals surface area (Å²) in [6.45, 7) is 3.23. The van der Waals surface area contributed by atoms with Crippen molar-refractivity contribution in [3.63, 3.8) is 0 Å². The van der Waals surface area contributed by atoms with Crippen LogP contribution in [-0.4, -0.2) is 29.5 Å². The van der Waals surface area contributed by atoms with Gasteiger partial charge in [-0.15, -0.1) is 0 Å². The molecule has 0 aromatic heterocycles. The molecule has 2 rings (SSSR count). The first-order valence-electron chi connectivity index (χ1n) is 6.49. The van der Waals surface area contributed by atoms with E-state index >= 15 is 0 Å². The van der Waals surface area contributed by atoms with Gasteiger partial charge in [0.05, 0.1) is 11.0 Å². The molecule has 0 saturated carbocycles. The van der Waals surface area contributed by atoms with Crippen LogP contribution in [0.15, 0.2) is 12.1 Å². The van der Waals surface area contributed by atoms with Crippen molar-refractivity contribution in [2.24, 2.45) is 0 Å². The average molecular weight is 299 g/mol. The van der Waals surface area contributed by atoms with Crippen LogP contribution in [0.1, 0.15) is 30.1 Å². The van der Waals surface area contributed by atoms with Crippen LogP contribution in [0.5, 0.6) is 0 Å². The molecule has 1 amide bonds. The summed E-state index contributed by atoms with van der Waals surface area (Å²) in [7, 11) is 0. The van der Waals surface area contributed by atoms with Crippen molar-refractivity contribution in [1.82, 2.24) is 10.6 Å². The Hall–Kier alpha value is -2.09. The topological polar surface area (TPSA) is 84.3 Å². The molecule has 21 heavy (non-hydrogen) atoms. The lowest BCUT2D eigenvalue weighted by Gasteiger charge is -2.34. The first-order valence-corrected chi connectivity index (χ1v) is 6.49. The number of hydrogen-bond donors (Lipinski definition) is 2. The van der Waals surface area contributed by atoms with E-state index in [9.17, 15) is 23.7 Å². The fraction of sp³-hybridized carbons (Fsp3) is 0.462. The molecule has 1 aliphatic heterocycles. The molecular formula is C13H15F2N3O3. The zero-order chi connectivity index (χ0) is 15.6. The Morgan fingerprint density at radius 3 is 2.48 bits per heavy atom. The lowest BCUT2D eigenvalue weighted by molar-refractivity contribution is -0.385. The molecule has 2 N–H and O–H groups in total. The number of benzene rings is 1. The predicted molar refractivity (Wildman–Crippen MR) is 71.0 cm³/mol. The Kier molecular flexibility index (Phi) is 4.17. The molecule has 1 aliphatic rings. The van der Waals surface area contributed by atoms with Crippen LogP contribution >= 0.6 is 0 Å². The quantitative estimate of drug-likeness (QED) is 0.658. The van der Waals surface area contributed by atoms with Gasteiger partial charge in [-0.1, -0.05) is 0 Å². The Balaban J connectivity index is 2.30. The number of halogens is 2. The first kappa shape index (κ1) is 15.3. The van der Waals surface area contributed by atoms with Crippen molar-refractivity contribution in [3.8, 4) is 0 Å². The lowest BCUT2D eigenvalue weighted by Crippen LogP contribution is -2.52. The maximum atomic E-state index is 13.3. The van der Waals surface area contributed by atoms with Gasteiger partial charge in [0.25, 0.3) is 11.6 Å². The summed E-state index contributed by atoms with van der Waals surface area (Å²) in [4.78, 5) is 22.2. The number of piperidine rings is 1. The van der Waals surface area contributed by atoms with E-state index in [1.807, 2.05) is 6.92 Å². The Morgan fingerprint density at radius 2 is 1.90 bits per heavy atom. The molecule has 114 valence electrons. The van der Waals surface area contributed by atoms with Crippen molar-refractivity contribution in [2.45, 2.75) is 25.3 Å². The molecule has 0 radical (unpaired) electrons. The number of nitrogens with zero attached hydrogens (tertiary/aromatic N) is 1. The molecule has 0 bridgehead atoms. The number of nitrogens with one attached hydrogen (secondary N) is 2. The van der Waals surface area contributed by atoms with Crippen molar-refractivity contribution in [1.29, 1.82) is 0 Å². The fourth-order valence-electron chi connectivity index (χ4n) is 2.31. The highest BCUT2D eigenvalue weighted by Crippen LogP contribution is 2.24. The second kappa shape index (κ2) is 5.72. The van der Waals surface area contributed by atoms with Gasteiger partial charge in [0, 0.05) is 5.54 Å². The average Bonchev–Trinajstić information content (AvgIpc) is 2.41. The lowest BCUT2D eigenvalue weighted by atomic mass is 9.90. The minimum absolute atomic E-state index is 0.426. The molecule has 0 atom stereocenters. The van der Waals surface area contributed by atoms with Crippen LogP contribution in [0.2, 0.25) is 0 Å². The molecule has 1 saturated heterocycles. The molecule has 0 aliphatic carbocycles. The summed E-state index contributed by atoms with van der Waals surface area (Å²) in [5.41, 5.74) is -1.75. The second-order valence-electron chi connectivity index (χ2n) is 5.31. The van der Waals surface area contributed by atoms with Crippen molar-refractivity contribution in [3.05, 3.63) is 39.4 Å². The summed E-state index contributed by atoms with van der Waals surface area (Å²) in [6.07, 6.45) is 1.30. The van der Waals surface area contributed by atoms with Crippen LogP contribution in [-0.2, 0) is 0 Å². The van der Waals surface area contributed by atoms with E-state index in [0.29, 0.717) is 38.1 Å². The van der Waals surface area contributed by atoms with Crippen LogP contribution in [0.4, 0.5) is 14.5 Å². The van der Waals surface area contributed by atoms with E-state index in [-0.39, 0.29) is 0 Å². The maximum absolute atomic E-state index is 13.3. The molecule has 0 spiro atoms. The molecule has 1 heterocycles. The van der Waals surface area contributed by atoms with Crippen molar-refractivity contribution < 1.29 is 18.5 Å². The van der Waals surface area contributed by atoms with E-state index < -0.39 is 39.3 Å². The zero-order valence-electron chi connectivity index (χ0n) is 11.4. The van der Waals surface area contributed by atoms with Crippen molar-refractivity contribution >= 4 is 11.6 Å². The summed E-state index contributed by atoms with van der Waals surface area (Å²) >= 11 is 0. The van der Waals surface area contributed by atoms with Gasteiger partial charge in [-0.3, -0.25) is 14.9 Å². The van der Waals surface area contributed by atoms with E-state index in [1.165, 1.54) is 0 Å². The van der Waals surface area contributed by atoms with Gasteiger partial charge < -0.3 is 10.6 Å². The monoisotopic (exact) mass is 299 g/mol. The summed E-state index contributed by atoms with van der Waals surface area (Å²) in [5.74, 6) is -3.42. The standard InChI is InChI=1S/C13H15F2N3O3/c1-13(2-4-16-5-3-13)17-12(19)8-6-9(14)10(15)7-11(8)18(20)21/h6-7,16H,2-5H2,1H3,(H,17,19). The van der Waals surface area contributed by atoms with Crippen LogP contribution in [0, 0.1) is 21.7 Å². The van der Waals surface area contributed by atoms with Crippen LogP contribution in [0.25, 0.3) is 0 Å². The third-order valence-corrected chi connectivity index (χ3v) is 3.60. The van der Waals surface area contributed by atoms with Crippen molar-refractivity contribution in [2.75, 3.05) is 13.1 Å². The van der Waals surface area contributed by atoms with Crippen LogP contribution in [0.3, 0.4) is 0 Å². The van der Waals surface area contributed by atoms with E-state index in [1.54, 1.807) is 0 Å². The first-order chi connectivity index (χ1) is 9.82. The Morgan fingerprint density at radius 1 is 1.33 bits per heavy atom. The zero-order valence-corrected chi connectivity index (χ0v) is 11.4. The van der Waals surface area contributed by atoms with Gasteiger partial charge in [0.1, 0.15) is 5.56 Å². The van der Waals surface area contributed by atoms with Crippen LogP contribution < -0.4 is 10.6 Å². The number of amides is 1. The second-order valence-corrected chi connectivity index (χ2v) is 5.31. The van der Waals surface area contributed by atoms with Gasteiger partial charge in [0.2, 0.25) is 0 Å². The third kappa shape index (κ3) is 3.33. The van der Waals surface area contributed by atoms with Gasteiger partial charge in [-0.25, -0.2) is 8.78 Å². The number of carbonyl (C=O) groups excluding carboxylic acids is 1. The number of rotatable bonds is 3. The SMILES string of the molecule is CC1(NC(=O)c2cc(F)c(F)cc2[N+](=O)[O-])CCNCC1. The van der Waals surface area contributed by atoms with E-state index in [0.717, 1.165) is 0 Å². The van der Waals surface area contributed by atoms with E-state index in [2.05, 4.69) is 10.6 Å². The molecular weight excluding hydrogens is 284 g/mol. The highest BCUT2D eigenvalue weighted by molar-refractivity contribution is 5.98. The largest absolute Gasteiger partial charge is 0.347 e. The summed E-state index contributed by atoms with van der Waals surface area (Å²) < 4.78 is 26.4. The maximum Gasteiger partial charge on any atom is 0.285 e. The number of hydrogen-bond acceptors (Lipinski definition) is 4. The highest BCUT2D eigenvalue weighted by atomic mass is 19.2. The number of nitro groups is 1. The van der Waals surface area contributed by atoms with Gasteiger partial charge in [0.15, 0.2) is 11.6 Å². The van der Waals surface area contributed by atoms with Gasteiger partial charge in [-0.2, -0.15) is 0 Å². The van der Waals surface area contributed by atoms with E-state index in [4.69, 9.17) is 0 Å². The van der Waals surface area contributed by atoms with Gasteiger partial charge in [-0.05, 0) is 38.9 Å². The summed E-state index contributed by atoms with van der Waals surface area (Å²) in [5, 5.41) is 16.7. The Bertz CT molecular complexity index is 586. The molecule has 1 fully saturated rings. The Labute approximate surface area is 119 Å². The fourth-order valence-corrected chi connectivity index (χ4v) is 2.31. The summed E-state index contributed by atoms with van der Waals surface area (Å²) in [6, 6.07) is 0.988. The highest BCUT2D eigenvalue weighted by Gasteiger charge is 2.31.